The molecule has 2 amide bonds. The van der Waals surface area contributed by atoms with Crippen LogP contribution in [0.25, 0.3) is 10.9 Å². The zero-order valence-electron chi connectivity index (χ0n) is 17.5. The molecule has 0 fully saturated rings. The molecule has 0 saturated heterocycles. The summed E-state index contributed by atoms with van der Waals surface area (Å²) in [5, 5.41) is 14.9. The average molecular weight is 451 g/mol. The third-order valence-electron chi connectivity index (χ3n) is 5.27. The quantitative estimate of drug-likeness (QED) is 0.480. The summed E-state index contributed by atoms with van der Waals surface area (Å²) in [5.41, 5.74) is 2.65. The van der Waals surface area contributed by atoms with E-state index in [1.54, 1.807) is 27.8 Å². The molecule has 33 heavy (non-hydrogen) atoms. The summed E-state index contributed by atoms with van der Waals surface area (Å²) >= 11 is 0. The second-order valence-corrected chi connectivity index (χ2v) is 7.60. The second-order valence-electron chi connectivity index (χ2n) is 7.60. The number of alkyl halides is 2. The van der Waals surface area contributed by atoms with Gasteiger partial charge in [0.05, 0.1) is 17.7 Å². The molecule has 1 N–H and O–H groups in total. The molecule has 0 unspecified atom stereocenters. The monoisotopic (exact) mass is 451 g/mol. The molecule has 2 aromatic carbocycles. The van der Waals surface area contributed by atoms with Crippen molar-refractivity contribution < 1.29 is 23.4 Å². The van der Waals surface area contributed by atoms with Gasteiger partial charge in [-0.05, 0) is 48.5 Å². The molecular formula is C23H19F2N5O3. The number of aryl methyl sites for hydroxylation is 1. The fourth-order valence-electron chi connectivity index (χ4n) is 3.80. The fraction of sp³-hybridized carbons (Fsp3) is 0.174. The van der Waals surface area contributed by atoms with Gasteiger partial charge >= 0.3 is 6.03 Å². The van der Waals surface area contributed by atoms with Crippen LogP contribution in [0.15, 0.2) is 60.8 Å². The van der Waals surface area contributed by atoms with Crippen molar-refractivity contribution in [2.24, 2.45) is 7.05 Å². The van der Waals surface area contributed by atoms with Gasteiger partial charge in [0.1, 0.15) is 11.6 Å². The number of phenolic OH excluding ortho intramolecular Hbond substituents is 1. The number of phenols is 1. The van der Waals surface area contributed by atoms with Gasteiger partial charge in [0.25, 0.3) is 6.43 Å². The Bertz CT molecular complexity index is 1340. The summed E-state index contributed by atoms with van der Waals surface area (Å²) in [6.45, 7) is -0.563. The number of aromatic hydroxyl groups is 1. The lowest BCUT2D eigenvalue weighted by Gasteiger charge is -2.36. The highest BCUT2D eigenvalue weighted by Gasteiger charge is 2.34. The first kappa shape index (κ1) is 20.7. The lowest BCUT2D eigenvalue weighted by Crippen LogP contribution is -2.45. The number of hydrogen-bond donors (Lipinski definition) is 1. The van der Waals surface area contributed by atoms with Crippen LogP contribution in [-0.4, -0.2) is 38.9 Å². The molecular weight excluding hydrogens is 432 g/mol. The Kier molecular flexibility index (Phi) is 5.04. The van der Waals surface area contributed by atoms with E-state index in [-0.39, 0.29) is 30.0 Å². The largest absolute Gasteiger partial charge is 0.508 e. The number of hydrogen-bond acceptors (Lipinski definition) is 5. The van der Waals surface area contributed by atoms with Gasteiger partial charge < -0.3 is 9.84 Å². The van der Waals surface area contributed by atoms with E-state index in [0.717, 1.165) is 10.9 Å². The molecule has 2 aromatic heterocycles. The number of ether oxygens (including phenoxy) is 1. The normalized spacial score (nSPS) is 13.6. The molecule has 0 atom stereocenters. The molecule has 168 valence electrons. The number of carbonyl (C=O) groups is 1. The number of carbonyl (C=O) groups excluding carboxylic acids is 1. The summed E-state index contributed by atoms with van der Waals surface area (Å²) in [6, 6.07) is 14.5. The molecule has 10 heteroatoms. The lowest BCUT2D eigenvalue weighted by atomic mass is 10.1. The average Bonchev–Trinajstić information content (AvgIpc) is 3.17. The Balaban J connectivity index is 1.59. The van der Waals surface area contributed by atoms with E-state index in [1.807, 2.05) is 31.4 Å². The van der Waals surface area contributed by atoms with Crippen molar-refractivity contribution in [1.29, 1.82) is 0 Å². The highest BCUT2D eigenvalue weighted by molar-refractivity contribution is 6.10. The van der Waals surface area contributed by atoms with E-state index >= 15 is 0 Å². The smallest absolute Gasteiger partial charge is 0.335 e. The Morgan fingerprint density at radius 3 is 2.61 bits per heavy atom. The number of pyridine rings is 1. The molecule has 8 nitrogen and oxygen atoms in total. The van der Waals surface area contributed by atoms with E-state index in [4.69, 9.17) is 4.74 Å². The zero-order valence-corrected chi connectivity index (χ0v) is 17.5. The third-order valence-corrected chi connectivity index (χ3v) is 5.27. The van der Waals surface area contributed by atoms with Crippen LogP contribution in [0.4, 0.5) is 30.8 Å². The molecule has 5 rings (SSSR count). The van der Waals surface area contributed by atoms with Gasteiger partial charge in [-0.1, -0.05) is 0 Å². The predicted octanol–water partition coefficient (Wildman–Crippen LogP) is 4.60. The summed E-state index contributed by atoms with van der Waals surface area (Å²) in [7, 11) is 1.83. The van der Waals surface area contributed by atoms with Gasteiger partial charge in [0.2, 0.25) is 5.88 Å². The van der Waals surface area contributed by atoms with Gasteiger partial charge in [0.15, 0.2) is 6.61 Å². The van der Waals surface area contributed by atoms with Crippen molar-refractivity contribution in [3.8, 4) is 11.6 Å². The van der Waals surface area contributed by atoms with Gasteiger partial charge in [-0.3, -0.25) is 9.58 Å². The molecule has 1 aliphatic rings. The van der Waals surface area contributed by atoms with Crippen molar-refractivity contribution in [1.82, 2.24) is 14.8 Å². The SMILES string of the molecule is Cn1cc2cc(N3Cc4ccc(OCC(F)F)nc4N(c4ccc(O)cc4)C3=O)ccc2n1. The first-order valence-electron chi connectivity index (χ1n) is 10.1. The van der Waals surface area contributed by atoms with E-state index in [0.29, 0.717) is 16.9 Å². The van der Waals surface area contributed by atoms with Crippen LogP contribution in [0.1, 0.15) is 5.56 Å². The molecule has 0 bridgehead atoms. The minimum absolute atomic E-state index is 0.00384. The number of anilines is 3. The standard InChI is InChI=1S/C23H19F2N5O3/c1-28-11-15-10-17(5-8-19(15)27-28)29-12-14-2-9-21(33-13-20(24)25)26-22(14)30(23(29)32)16-3-6-18(31)7-4-16/h2-11,20,31H,12-13H2,1H3. The lowest BCUT2D eigenvalue weighted by molar-refractivity contribution is 0.0796. The Hall–Kier alpha value is -4.21. The fourth-order valence-corrected chi connectivity index (χ4v) is 3.80. The van der Waals surface area contributed by atoms with Gasteiger partial charge in [-0.2, -0.15) is 10.1 Å². The molecule has 0 aliphatic carbocycles. The maximum absolute atomic E-state index is 13.7. The minimum Gasteiger partial charge on any atom is -0.508 e. The van der Waals surface area contributed by atoms with Crippen LogP contribution in [0.3, 0.4) is 0 Å². The number of rotatable bonds is 5. The molecule has 0 saturated carbocycles. The number of halogens is 2. The maximum Gasteiger partial charge on any atom is 0.335 e. The number of nitrogens with zero attached hydrogens (tertiary/aromatic N) is 5. The molecule has 1 aliphatic heterocycles. The maximum atomic E-state index is 13.7. The molecule has 4 aromatic rings. The topological polar surface area (TPSA) is 83.7 Å². The van der Waals surface area contributed by atoms with Gasteiger partial charge in [-0.15, -0.1) is 0 Å². The van der Waals surface area contributed by atoms with Crippen molar-refractivity contribution in [2.45, 2.75) is 13.0 Å². The summed E-state index contributed by atoms with van der Waals surface area (Å²) in [5.74, 6) is 0.330. The van der Waals surface area contributed by atoms with Crippen molar-refractivity contribution in [2.75, 3.05) is 16.4 Å². The minimum atomic E-state index is -2.64. The number of aromatic nitrogens is 3. The summed E-state index contributed by atoms with van der Waals surface area (Å²) in [6.07, 6.45) is -0.775. The van der Waals surface area contributed by atoms with Crippen molar-refractivity contribution in [3.63, 3.8) is 0 Å². The molecule has 3 heterocycles. The van der Waals surface area contributed by atoms with Crippen LogP contribution in [0.5, 0.6) is 11.6 Å². The Morgan fingerprint density at radius 2 is 1.85 bits per heavy atom. The van der Waals surface area contributed by atoms with E-state index in [1.165, 1.54) is 23.1 Å². The summed E-state index contributed by atoms with van der Waals surface area (Å²) in [4.78, 5) is 21.0. The van der Waals surface area contributed by atoms with E-state index < -0.39 is 13.0 Å². The van der Waals surface area contributed by atoms with Crippen LogP contribution >= 0.6 is 0 Å². The number of benzene rings is 2. The van der Waals surface area contributed by atoms with Crippen LogP contribution in [0, 0.1) is 0 Å². The van der Waals surface area contributed by atoms with Crippen molar-refractivity contribution >= 4 is 34.1 Å². The van der Waals surface area contributed by atoms with Crippen LogP contribution < -0.4 is 14.5 Å². The number of urea groups is 1. The highest BCUT2D eigenvalue weighted by Crippen LogP contribution is 2.37. The first-order chi connectivity index (χ1) is 15.9. The zero-order chi connectivity index (χ0) is 23.1. The second kappa shape index (κ2) is 8.05. The number of amides is 2. The van der Waals surface area contributed by atoms with Gasteiger partial charge in [-0.25, -0.2) is 18.5 Å². The first-order valence-corrected chi connectivity index (χ1v) is 10.1. The number of fused-ring (bicyclic) bond motifs is 2. The van der Waals surface area contributed by atoms with Crippen molar-refractivity contribution in [3.05, 3.63) is 66.4 Å². The Morgan fingerprint density at radius 1 is 1.09 bits per heavy atom. The Labute approximate surface area is 187 Å². The van der Waals surface area contributed by atoms with E-state index in [2.05, 4.69) is 10.1 Å². The van der Waals surface area contributed by atoms with Gasteiger partial charge in [0, 0.05) is 35.9 Å². The highest BCUT2D eigenvalue weighted by atomic mass is 19.3. The van der Waals surface area contributed by atoms with E-state index in [9.17, 15) is 18.7 Å². The van der Waals surface area contributed by atoms with Crippen LogP contribution in [0.2, 0.25) is 0 Å². The van der Waals surface area contributed by atoms with Crippen LogP contribution in [-0.2, 0) is 13.6 Å². The third kappa shape index (κ3) is 3.91. The molecule has 0 spiro atoms. The summed E-state index contributed by atoms with van der Waals surface area (Å²) < 4.78 is 32.0. The molecule has 0 radical (unpaired) electrons. The predicted molar refractivity (Wildman–Crippen MR) is 118 cm³/mol.